The van der Waals surface area contributed by atoms with E-state index in [-0.39, 0.29) is 4.90 Å². The molecule has 19 heavy (non-hydrogen) atoms. The summed E-state index contributed by atoms with van der Waals surface area (Å²) in [4.78, 5) is 0.0716. The van der Waals surface area contributed by atoms with Crippen molar-refractivity contribution in [2.24, 2.45) is 5.14 Å². The highest BCUT2D eigenvalue weighted by molar-refractivity contribution is 9.10. The monoisotopic (exact) mass is 341 g/mol. The van der Waals surface area contributed by atoms with Crippen molar-refractivity contribution in [3.05, 3.63) is 58.6 Å². The first kappa shape index (κ1) is 14.0. The van der Waals surface area contributed by atoms with Crippen molar-refractivity contribution in [3.8, 4) is 5.75 Å². The molecule has 0 heterocycles. The molecule has 0 atom stereocenters. The van der Waals surface area contributed by atoms with Crippen molar-refractivity contribution in [1.82, 2.24) is 0 Å². The quantitative estimate of drug-likeness (QED) is 0.929. The van der Waals surface area contributed by atoms with E-state index in [1.54, 1.807) is 12.1 Å². The van der Waals surface area contributed by atoms with Crippen LogP contribution < -0.4 is 9.88 Å². The van der Waals surface area contributed by atoms with Crippen LogP contribution in [0.2, 0.25) is 0 Å². The van der Waals surface area contributed by atoms with Crippen LogP contribution in [0.1, 0.15) is 5.56 Å². The number of hydrogen-bond donors (Lipinski definition) is 1. The molecule has 0 aliphatic rings. The van der Waals surface area contributed by atoms with Crippen LogP contribution in [0.15, 0.2) is 57.9 Å². The molecule has 100 valence electrons. The molecule has 0 fully saturated rings. The van der Waals surface area contributed by atoms with E-state index >= 15 is 0 Å². The fraction of sp³-hybridized carbons (Fsp3) is 0.0769. The number of rotatable bonds is 4. The molecule has 0 aliphatic carbocycles. The van der Waals surface area contributed by atoms with E-state index in [1.807, 2.05) is 24.3 Å². The van der Waals surface area contributed by atoms with E-state index in [0.29, 0.717) is 12.4 Å². The van der Waals surface area contributed by atoms with Crippen molar-refractivity contribution in [3.63, 3.8) is 0 Å². The lowest BCUT2D eigenvalue weighted by atomic mass is 10.2. The van der Waals surface area contributed by atoms with Gasteiger partial charge in [0.1, 0.15) is 12.4 Å². The van der Waals surface area contributed by atoms with Crippen molar-refractivity contribution in [1.29, 1.82) is 0 Å². The summed E-state index contributed by atoms with van der Waals surface area (Å²) in [5.74, 6) is 0.590. The van der Waals surface area contributed by atoms with Gasteiger partial charge in [-0.2, -0.15) is 0 Å². The molecule has 2 N–H and O–H groups in total. The number of ether oxygens (including phenoxy) is 1. The summed E-state index contributed by atoms with van der Waals surface area (Å²) in [6, 6.07) is 13.8. The lowest BCUT2D eigenvalue weighted by molar-refractivity contribution is 0.306. The lowest BCUT2D eigenvalue weighted by Crippen LogP contribution is -2.11. The standard InChI is InChI=1S/C13H12BrNO3S/c14-11-3-1-2-10(8-11)9-18-12-4-6-13(7-5-12)19(15,16)17/h1-8H,9H2,(H2,15,16,17). The number of nitrogens with two attached hydrogens (primary N) is 1. The molecule has 0 bridgehead atoms. The third-order valence-electron chi connectivity index (χ3n) is 2.45. The molecule has 0 aliphatic heterocycles. The fourth-order valence-electron chi connectivity index (χ4n) is 1.52. The summed E-state index contributed by atoms with van der Waals surface area (Å²) < 4.78 is 28.7. The average molecular weight is 342 g/mol. The zero-order chi connectivity index (χ0) is 13.9. The van der Waals surface area contributed by atoms with Gasteiger partial charge in [0, 0.05) is 4.47 Å². The molecule has 2 aromatic rings. The van der Waals surface area contributed by atoms with Gasteiger partial charge in [0.25, 0.3) is 0 Å². The van der Waals surface area contributed by atoms with E-state index in [2.05, 4.69) is 15.9 Å². The van der Waals surface area contributed by atoms with Crippen LogP contribution in [0.3, 0.4) is 0 Å². The summed E-state index contributed by atoms with van der Waals surface area (Å²) in [6.45, 7) is 0.411. The lowest BCUT2D eigenvalue weighted by Gasteiger charge is -2.07. The maximum Gasteiger partial charge on any atom is 0.238 e. The molecule has 0 unspecified atom stereocenters. The first-order chi connectivity index (χ1) is 8.95. The number of sulfonamides is 1. The summed E-state index contributed by atoms with van der Waals surface area (Å²) in [5, 5.41) is 5.01. The van der Waals surface area contributed by atoms with Crippen molar-refractivity contribution < 1.29 is 13.2 Å². The maximum atomic E-state index is 11.1. The van der Waals surface area contributed by atoms with E-state index in [9.17, 15) is 8.42 Å². The van der Waals surface area contributed by atoms with Crippen LogP contribution in [0.25, 0.3) is 0 Å². The number of hydrogen-bond acceptors (Lipinski definition) is 3. The van der Waals surface area contributed by atoms with Crippen molar-refractivity contribution in [2.75, 3.05) is 0 Å². The highest BCUT2D eigenvalue weighted by atomic mass is 79.9. The van der Waals surface area contributed by atoms with Crippen LogP contribution in [0.4, 0.5) is 0 Å². The Morgan fingerprint density at radius 1 is 1.11 bits per heavy atom. The largest absolute Gasteiger partial charge is 0.489 e. The van der Waals surface area contributed by atoms with Gasteiger partial charge in [-0.15, -0.1) is 0 Å². The van der Waals surface area contributed by atoms with E-state index in [0.717, 1.165) is 10.0 Å². The second-order valence-corrected chi connectivity index (χ2v) is 6.41. The van der Waals surface area contributed by atoms with Crippen LogP contribution in [-0.4, -0.2) is 8.42 Å². The zero-order valence-corrected chi connectivity index (χ0v) is 12.3. The Kier molecular flexibility index (Phi) is 4.24. The molecule has 0 radical (unpaired) electrons. The smallest absolute Gasteiger partial charge is 0.238 e. The van der Waals surface area contributed by atoms with Crippen LogP contribution in [-0.2, 0) is 16.6 Å². The third kappa shape index (κ3) is 4.05. The third-order valence-corrected chi connectivity index (χ3v) is 3.87. The minimum absolute atomic E-state index is 0.0716. The molecule has 0 amide bonds. The first-order valence-corrected chi connectivity index (χ1v) is 7.79. The topological polar surface area (TPSA) is 69.4 Å². The summed E-state index contributed by atoms with van der Waals surface area (Å²) in [5.41, 5.74) is 1.02. The molecule has 6 heteroatoms. The minimum atomic E-state index is -3.65. The van der Waals surface area contributed by atoms with Gasteiger partial charge in [-0.05, 0) is 42.0 Å². The number of halogens is 1. The fourth-order valence-corrected chi connectivity index (χ4v) is 2.48. The predicted molar refractivity (Wildman–Crippen MR) is 76.3 cm³/mol. The maximum absolute atomic E-state index is 11.1. The zero-order valence-electron chi connectivity index (χ0n) is 9.91. The predicted octanol–water partition coefficient (Wildman–Crippen LogP) is 2.68. The van der Waals surface area contributed by atoms with Crippen molar-refractivity contribution in [2.45, 2.75) is 11.5 Å². The molecule has 0 spiro atoms. The number of primary sulfonamides is 1. The SMILES string of the molecule is NS(=O)(=O)c1ccc(OCc2cccc(Br)c2)cc1. The molecular formula is C13H12BrNO3S. The van der Waals surface area contributed by atoms with Crippen LogP contribution in [0, 0.1) is 0 Å². The summed E-state index contributed by atoms with van der Waals surface area (Å²) >= 11 is 3.38. The Labute approximate surface area is 120 Å². The van der Waals surface area contributed by atoms with Gasteiger partial charge < -0.3 is 4.74 Å². The molecule has 0 aromatic heterocycles. The van der Waals surface area contributed by atoms with Gasteiger partial charge in [-0.1, -0.05) is 28.1 Å². The Hall–Kier alpha value is -1.37. The molecule has 2 aromatic carbocycles. The van der Waals surface area contributed by atoms with Gasteiger partial charge >= 0.3 is 0 Å². The molecule has 0 saturated heterocycles. The molecule has 0 saturated carbocycles. The highest BCUT2D eigenvalue weighted by Gasteiger charge is 2.06. The van der Waals surface area contributed by atoms with Gasteiger partial charge in [0.2, 0.25) is 10.0 Å². The Balaban J connectivity index is 2.05. The normalized spacial score (nSPS) is 11.3. The average Bonchev–Trinajstić information content (AvgIpc) is 2.36. The van der Waals surface area contributed by atoms with Crippen molar-refractivity contribution >= 4 is 26.0 Å². The van der Waals surface area contributed by atoms with Gasteiger partial charge in [0.15, 0.2) is 0 Å². The van der Waals surface area contributed by atoms with E-state index < -0.39 is 10.0 Å². The first-order valence-electron chi connectivity index (χ1n) is 5.45. The Morgan fingerprint density at radius 3 is 2.37 bits per heavy atom. The minimum Gasteiger partial charge on any atom is -0.489 e. The van der Waals surface area contributed by atoms with Gasteiger partial charge in [0.05, 0.1) is 4.90 Å². The summed E-state index contributed by atoms with van der Waals surface area (Å²) in [7, 11) is -3.65. The second-order valence-electron chi connectivity index (χ2n) is 3.94. The highest BCUT2D eigenvalue weighted by Crippen LogP contribution is 2.17. The Morgan fingerprint density at radius 2 is 1.79 bits per heavy atom. The Bertz CT molecular complexity index is 669. The molecule has 4 nitrogen and oxygen atoms in total. The molecule has 2 rings (SSSR count). The van der Waals surface area contributed by atoms with Gasteiger partial charge in [-0.25, -0.2) is 13.6 Å². The van der Waals surface area contributed by atoms with Gasteiger partial charge in [-0.3, -0.25) is 0 Å². The summed E-state index contributed by atoms with van der Waals surface area (Å²) in [6.07, 6.45) is 0. The van der Waals surface area contributed by atoms with Crippen LogP contribution >= 0.6 is 15.9 Å². The van der Waals surface area contributed by atoms with E-state index in [4.69, 9.17) is 9.88 Å². The second kappa shape index (κ2) is 5.73. The van der Waals surface area contributed by atoms with E-state index in [1.165, 1.54) is 12.1 Å². The molecular weight excluding hydrogens is 330 g/mol. The number of benzene rings is 2. The van der Waals surface area contributed by atoms with Crippen LogP contribution in [0.5, 0.6) is 5.75 Å².